The topological polar surface area (TPSA) is 112 Å². The first kappa shape index (κ1) is 20.0. The highest BCUT2D eigenvalue weighted by molar-refractivity contribution is 5.90. The van der Waals surface area contributed by atoms with E-state index in [-0.39, 0.29) is 53.4 Å². The third-order valence-corrected chi connectivity index (χ3v) is 3.15. The van der Waals surface area contributed by atoms with Gasteiger partial charge in [0.2, 0.25) is 5.88 Å². The van der Waals surface area contributed by atoms with Crippen molar-refractivity contribution < 1.29 is 39.6 Å². The van der Waals surface area contributed by atoms with Crippen molar-refractivity contribution in [3.8, 4) is 0 Å². The summed E-state index contributed by atoms with van der Waals surface area (Å²) in [4.78, 5) is 47.9. The summed E-state index contributed by atoms with van der Waals surface area (Å²) in [5, 5.41) is 0. The standard InChI is InChI=1S/C17H16N2O8.H2/c1-2-3-4-5-13(19-10-16(22)27-17(23)11-19)25-7-6-24-12-18-8-14(20)26-15(21)9-18;/h1,6-12H2;1H. The van der Waals surface area contributed by atoms with Gasteiger partial charge in [0.25, 0.3) is 0 Å². The lowest BCUT2D eigenvalue weighted by Gasteiger charge is -2.27. The number of carbonyl (C=O) groups excluding carboxylic acids is 4. The molecular formula is C17H18N2O8. The first-order chi connectivity index (χ1) is 13.0. The molecule has 2 fully saturated rings. The summed E-state index contributed by atoms with van der Waals surface area (Å²) in [5.74, 6) is -2.62. The predicted octanol–water partition coefficient (Wildman–Crippen LogP) is -0.914. The van der Waals surface area contributed by atoms with Gasteiger partial charge < -0.3 is 23.8 Å². The van der Waals surface area contributed by atoms with Crippen LogP contribution in [0.3, 0.4) is 0 Å². The van der Waals surface area contributed by atoms with Gasteiger partial charge in [0, 0.05) is 7.16 Å². The zero-order valence-electron chi connectivity index (χ0n) is 14.3. The van der Waals surface area contributed by atoms with Crippen molar-refractivity contribution in [3.63, 3.8) is 0 Å². The van der Waals surface area contributed by atoms with E-state index in [1.54, 1.807) is 0 Å². The molecule has 0 atom stereocenters. The fraction of sp³-hybridized carbons (Fsp3) is 0.412. The average molecular weight is 378 g/mol. The Hall–Kier alpha value is -3.34. The van der Waals surface area contributed by atoms with Gasteiger partial charge in [0.15, 0.2) is 0 Å². The van der Waals surface area contributed by atoms with Gasteiger partial charge in [-0.05, 0) is 18.0 Å². The Balaban J connectivity index is 0.00000392. The average Bonchev–Trinajstić information content (AvgIpc) is 2.58. The number of cyclic esters (lactones) is 4. The van der Waals surface area contributed by atoms with Crippen molar-refractivity contribution in [2.24, 2.45) is 0 Å². The number of hydrogen-bond acceptors (Lipinski definition) is 10. The Morgan fingerprint density at radius 2 is 1.56 bits per heavy atom. The van der Waals surface area contributed by atoms with Crippen LogP contribution in [0.1, 0.15) is 1.43 Å². The second kappa shape index (κ2) is 9.97. The number of ether oxygens (including phenoxy) is 4. The van der Waals surface area contributed by atoms with Crippen molar-refractivity contribution in [1.29, 1.82) is 0 Å². The lowest BCUT2D eigenvalue weighted by Crippen LogP contribution is -2.44. The number of esters is 4. The molecule has 0 aromatic heterocycles. The molecule has 0 bridgehead atoms. The summed E-state index contributed by atoms with van der Waals surface area (Å²) in [6.07, 6.45) is 0. The Morgan fingerprint density at radius 3 is 2.15 bits per heavy atom. The fourth-order valence-corrected chi connectivity index (χ4v) is 2.13. The first-order valence-corrected chi connectivity index (χ1v) is 7.78. The van der Waals surface area contributed by atoms with Crippen LogP contribution in [-0.4, -0.2) is 79.8 Å². The van der Waals surface area contributed by atoms with E-state index in [4.69, 9.17) is 9.47 Å². The van der Waals surface area contributed by atoms with Gasteiger partial charge in [-0.15, -0.1) is 0 Å². The minimum absolute atomic E-state index is 0. The van der Waals surface area contributed by atoms with E-state index < -0.39 is 23.9 Å². The highest BCUT2D eigenvalue weighted by atomic mass is 16.6. The normalized spacial score (nSPS) is 17.1. The number of carbonyl (C=O) groups is 4. The summed E-state index contributed by atoms with van der Waals surface area (Å²) in [7, 11) is 0. The van der Waals surface area contributed by atoms with Crippen molar-refractivity contribution in [2.75, 3.05) is 46.1 Å². The van der Waals surface area contributed by atoms with E-state index in [9.17, 15) is 19.2 Å². The lowest BCUT2D eigenvalue weighted by atomic mass is 10.4. The second-order valence-electron chi connectivity index (χ2n) is 5.28. The highest BCUT2D eigenvalue weighted by Crippen LogP contribution is 2.09. The molecule has 0 amide bonds. The van der Waals surface area contributed by atoms with Crippen LogP contribution < -0.4 is 0 Å². The molecular weight excluding hydrogens is 360 g/mol. The summed E-state index contributed by atoms with van der Waals surface area (Å²) in [6, 6.07) is 0. The number of nitrogens with zero attached hydrogens (tertiary/aromatic N) is 2. The Bertz CT molecular complexity index is 768. The zero-order chi connectivity index (χ0) is 19.6. The van der Waals surface area contributed by atoms with Crippen LogP contribution in [-0.2, 0) is 38.1 Å². The summed E-state index contributed by atoms with van der Waals surface area (Å²) in [6.45, 7) is 3.05. The Kier molecular flexibility index (Phi) is 7.37. The van der Waals surface area contributed by atoms with Gasteiger partial charge in [-0.1, -0.05) is 5.73 Å². The van der Waals surface area contributed by atoms with E-state index in [2.05, 4.69) is 39.0 Å². The third-order valence-electron chi connectivity index (χ3n) is 3.15. The Morgan fingerprint density at radius 1 is 0.963 bits per heavy atom. The molecule has 0 unspecified atom stereocenters. The maximum Gasteiger partial charge on any atom is 0.333 e. The smallest absolute Gasteiger partial charge is 0.333 e. The van der Waals surface area contributed by atoms with Gasteiger partial charge in [-0.2, -0.15) is 0 Å². The summed E-state index contributed by atoms with van der Waals surface area (Å²) in [5.41, 5.74) is 9.87. The molecule has 0 radical (unpaired) electrons. The molecule has 0 aromatic rings. The molecule has 0 N–H and O–H groups in total. The molecule has 2 saturated heterocycles. The molecule has 2 aliphatic rings. The third kappa shape index (κ3) is 6.82. The molecule has 0 spiro atoms. The molecule has 0 aliphatic carbocycles. The molecule has 2 aliphatic heterocycles. The van der Waals surface area contributed by atoms with Crippen LogP contribution in [0.15, 0.2) is 35.4 Å². The lowest BCUT2D eigenvalue weighted by molar-refractivity contribution is -0.171. The van der Waals surface area contributed by atoms with E-state index in [1.165, 1.54) is 9.80 Å². The molecule has 2 rings (SSSR count). The maximum atomic E-state index is 11.4. The number of rotatable bonds is 7. The molecule has 10 heteroatoms. The summed E-state index contributed by atoms with van der Waals surface area (Å²) >= 11 is 0. The zero-order valence-corrected chi connectivity index (χ0v) is 14.3. The van der Waals surface area contributed by atoms with Gasteiger partial charge >= 0.3 is 23.9 Å². The number of morpholine rings is 2. The van der Waals surface area contributed by atoms with Crippen LogP contribution in [0, 0.1) is 0 Å². The second-order valence-corrected chi connectivity index (χ2v) is 5.28. The van der Waals surface area contributed by atoms with Crippen molar-refractivity contribution in [1.82, 2.24) is 9.80 Å². The van der Waals surface area contributed by atoms with Gasteiger partial charge in [0.05, 0.1) is 19.7 Å². The van der Waals surface area contributed by atoms with Crippen LogP contribution in [0.4, 0.5) is 0 Å². The van der Waals surface area contributed by atoms with E-state index in [0.717, 1.165) is 0 Å². The van der Waals surface area contributed by atoms with Crippen LogP contribution in [0.25, 0.3) is 0 Å². The molecule has 0 aromatic carbocycles. The molecule has 27 heavy (non-hydrogen) atoms. The van der Waals surface area contributed by atoms with Crippen LogP contribution in [0.2, 0.25) is 0 Å². The Labute approximate surface area is 155 Å². The SMILES string of the molecule is C=C=C=C=C=C(OCCOCN1CC(=O)OC(=O)C1)N1CC(=O)OC(=O)C1.[HH]. The van der Waals surface area contributed by atoms with E-state index in [1.807, 2.05) is 0 Å². The van der Waals surface area contributed by atoms with Crippen molar-refractivity contribution in [3.05, 3.63) is 35.4 Å². The van der Waals surface area contributed by atoms with Crippen LogP contribution in [0.5, 0.6) is 0 Å². The minimum Gasteiger partial charge on any atom is -0.470 e. The monoisotopic (exact) mass is 378 g/mol. The predicted molar refractivity (Wildman–Crippen MR) is 87.4 cm³/mol. The molecule has 144 valence electrons. The molecule has 10 nitrogen and oxygen atoms in total. The fourth-order valence-electron chi connectivity index (χ4n) is 2.13. The molecule has 2 heterocycles. The van der Waals surface area contributed by atoms with Crippen molar-refractivity contribution >= 4 is 23.9 Å². The van der Waals surface area contributed by atoms with Crippen molar-refractivity contribution in [2.45, 2.75) is 0 Å². The van der Waals surface area contributed by atoms with E-state index >= 15 is 0 Å². The summed E-state index contributed by atoms with van der Waals surface area (Å²) < 4.78 is 19.7. The largest absolute Gasteiger partial charge is 0.470 e. The van der Waals surface area contributed by atoms with Gasteiger partial charge in [0.1, 0.15) is 26.4 Å². The van der Waals surface area contributed by atoms with Crippen LogP contribution >= 0.6 is 0 Å². The maximum absolute atomic E-state index is 11.4. The molecule has 0 saturated carbocycles. The van der Waals surface area contributed by atoms with E-state index in [0.29, 0.717) is 0 Å². The highest BCUT2D eigenvalue weighted by Gasteiger charge is 2.27. The van der Waals surface area contributed by atoms with Gasteiger partial charge in [-0.3, -0.25) is 14.5 Å². The first-order valence-electron chi connectivity index (χ1n) is 7.78. The number of hydrogen-bond donors (Lipinski definition) is 0. The quantitative estimate of drug-likeness (QED) is 0.181. The van der Waals surface area contributed by atoms with Gasteiger partial charge in [-0.25, -0.2) is 9.59 Å². The minimum atomic E-state index is -0.713.